The summed E-state index contributed by atoms with van der Waals surface area (Å²) in [6.45, 7) is 2.01. The summed E-state index contributed by atoms with van der Waals surface area (Å²) < 4.78 is 9.45. The molecule has 30 heavy (non-hydrogen) atoms. The highest BCUT2D eigenvalue weighted by atomic mass is 16.5. The van der Waals surface area contributed by atoms with Crippen LogP contribution in [0.3, 0.4) is 0 Å². The Bertz CT molecular complexity index is 1350. The summed E-state index contributed by atoms with van der Waals surface area (Å²) >= 11 is 0. The van der Waals surface area contributed by atoms with Gasteiger partial charge in [0.1, 0.15) is 17.4 Å². The van der Waals surface area contributed by atoms with E-state index in [1.54, 1.807) is 7.11 Å². The van der Waals surface area contributed by atoms with Gasteiger partial charge in [-0.15, -0.1) is 0 Å². The molecule has 2 aromatic carbocycles. The predicted octanol–water partition coefficient (Wildman–Crippen LogP) is 4.39. The standard InChI is InChI=1S/C24H23N5O/c1-16-13-22-19-10-9-18(30-3)14-20(19)25-24(29(22)27-16)12-11-23-26-21(15-28(23)2)17-7-5-4-6-8-17/h4-10,13-15H,11-12H2,1-3H3. The molecule has 0 spiro atoms. The molecule has 6 heteroatoms. The minimum absolute atomic E-state index is 0.740. The van der Waals surface area contributed by atoms with Gasteiger partial charge in [-0.05, 0) is 25.1 Å². The summed E-state index contributed by atoms with van der Waals surface area (Å²) in [7, 11) is 3.72. The van der Waals surface area contributed by atoms with E-state index >= 15 is 0 Å². The lowest BCUT2D eigenvalue weighted by atomic mass is 10.2. The molecule has 150 valence electrons. The molecule has 0 atom stereocenters. The normalized spacial score (nSPS) is 11.4. The molecule has 0 bridgehead atoms. The molecule has 0 amide bonds. The molecule has 0 aliphatic rings. The first kappa shape index (κ1) is 18.4. The van der Waals surface area contributed by atoms with Crippen molar-refractivity contribution in [2.45, 2.75) is 19.8 Å². The Morgan fingerprint density at radius 1 is 0.933 bits per heavy atom. The summed E-state index contributed by atoms with van der Waals surface area (Å²) in [6.07, 6.45) is 3.60. The molecule has 0 saturated heterocycles. The van der Waals surface area contributed by atoms with Crippen molar-refractivity contribution >= 4 is 16.4 Å². The maximum Gasteiger partial charge on any atom is 0.131 e. The summed E-state index contributed by atoms with van der Waals surface area (Å²) in [5, 5.41) is 5.76. The molecule has 5 aromatic rings. The summed E-state index contributed by atoms with van der Waals surface area (Å²) in [5.41, 5.74) is 5.08. The molecule has 3 aromatic heterocycles. The molecule has 0 fully saturated rings. The molecular formula is C24H23N5O. The molecule has 5 rings (SSSR count). The number of aromatic nitrogens is 5. The van der Waals surface area contributed by atoms with Gasteiger partial charge in [0.25, 0.3) is 0 Å². The van der Waals surface area contributed by atoms with E-state index in [1.165, 1.54) is 0 Å². The van der Waals surface area contributed by atoms with Crippen molar-refractivity contribution in [2.75, 3.05) is 7.11 Å². The minimum atomic E-state index is 0.740. The third kappa shape index (κ3) is 3.20. The van der Waals surface area contributed by atoms with Gasteiger partial charge in [0.05, 0.1) is 29.5 Å². The van der Waals surface area contributed by atoms with E-state index in [2.05, 4.69) is 34.1 Å². The van der Waals surface area contributed by atoms with Crippen LogP contribution >= 0.6 is 0 Å². The number of aryl methyl sites for hydroxylation is 4. The Balaban J connectivity index is 1.51. The third-order valence-corrected chi connectivity index (χ3v) is 5.42. The average molecular weight is 397 g/mol. The highest BCUT2D eigenvalue weighted by Crippen LogP contribution is 2.25. The smallest absolute Gasteiger partial charge is 0.131 e. The van der Waals surface area contributed by atoms with E-state index in [0.717, 1.165) is 63.6 Å². The van der Waals surface area contributed by atoms with Crippen molar-refractivity contribution in [1.29, 1.82) is 0 Å². The number of ether oxygens (including phenoxy) is 1. The van der Waals surface area contributed by atoms with Crippen LogP contribution in [0.15, 0.2) is 60.8 Å². The van der Waals surface area contributed by atoms with Gasteiger partial charge < -0.3 is 9.30 Å². The van der Waals surface area contributed by atoms with Crippen molar-refractivity contribution in [2.24, 2.45) is 7.05 Å². The Morgan fingerprint density at radius 3 is 2.53 bits per heavy atom. The fourth-order valence-corrected chi connectivity index (χ4v) is 3.89. The molecule has 0 saturated carbocycles. The summed E-state index contributed by atoms with van der Waals surface area (Å²) in [4.78, 5) is 9.77. The van der Waals surface area contributed by atoms with Crippen molar-refractivity contribution in [3.63, 3.8) is 0 Å². The van der Waals surface area contributed by atoms with Crippen LogP contribution in [0, 0.1) is 6.92 Å². The third-order valence-electron chi connectivity index (χ3n) is 5.42. The van der Waals surface area contributed by atoms with Crippen molar-refractivity contribution in [3.05, 3.63) is 78.1 Å². The fraction of sp³-hybridized carbons (Fsp3) is 0.208. The van der Waals surface area contributed by atoms with Gasteiger partial charge in [-0.3, -0.25) is 0 Å². The molecule has 3 heterocycles. The van der Waals surface area contributed by atoms with Crippen LogP contribution in [-0.2, 0) is 19.9 Å². The van der Waals surface area contributed by atoms with Gasteiger partial charge in [-0.25, -0.2) is 14.5 Å². The average Bonchev–Trinajstić information content (AvgIpc) is 3.34. The van der Waals surface area contributed by atoms with Crippen LogP contribution in [0.25, 0.3) is 27.7 Å². The quantitative estimate of drug-likeness (QED) is 0.441. The van der Waals surface area contributed by atoms with E-state index in [1.807, 2.05) is 54.9 Å². The first-order valence-electron chi connectivity index (χ1n) is 10.0. The van der Waals surface area contributed by atoms with E-state index in [9.17, 15) is 0 Å². The zero-order valence-corrected chi connectivity index (χ0v) is 17.3. The highest BCUT2D eigenvalue weighted by Gasteiger charge is 2.13. The molecule has 0 radical (unpaired) electrons. The minimum Gasteiger partial charge on any atom is -0.497 e. The van der Waals surface area contributed by atoms with Crippen LogP contribution < -0.4 is 4.74 Å². The monoisotopic (exact) mass is 397 g/mol. The number of hydrogen-bond donors (Lipinski definition) is 0. The Morgan fingerprint density at radius 2 is 1.73 bits per heavy atom. The number of imidazole rings is 1. The van der Waals surface area contributed by atoms with Crippen molar-refractivity contribution < 1.29 is 4.74 Å². The lowest BCUT2D eigenvalue weighted by molar-refractivity contribution is 0.415. The molecular weight excluding hydrogens is 374 g/mol. The lowest BCUT2D eigenvalue weighted by Gasteiger charge is -2.09. The fourth-order valence-electron chi connectivity index (χ4n) is 3.89. The first-order chi connectivity index (χ1) is 14.6. The van der Waals surface area contributed by atoms with Gasteiger partial charge >= 0.3 is 0 Å². The Hall–Kier alpha value is -3.67. The molecule has 0 N–H and O–H groups in total. The van der Waals surface area contributed by atoms with Gasteiger partial charge in [0, 0.05) is 43.1 Å². The second-order valence-electron chi connectivity index (χ2n) is 7.51. The molecule has 0 unspecified atom stereocenters. The number of fused-ring (bicyclic) bond motifs is 3. The van der Waals surface area contributed by atoms with Gasteiger partial charge in [0.2, 0.25) is 0 Å². The second-order valence-corrected chi connectivity index (χ2v) is 7.51. The van der Waals surface area contributed by atoms with Gasteiger partial charge in [-0.1, -0.05) is 30.3 Å². The summed E-state index contributed by atoms with van der Waals surface area (Å²) in [6, 6.07) is 18.4. The van der Waals surface area contributed by atoms with Crippen LogP contribution in [0.4, 0.5) is 0 Å². The number of methoxy groups -OCH3 is 1. The zero-order valence-electron chi connectivity index (χ0n) is 17.3. The van der Waals surface area contributed by atoms with E-state index in [4.69, 9.17) is 14.7 Å². The topological polar surface area (TPSA) is 57.2 Å². The highest BCUT2D eigenvalue weighted by molar-refractivity contribution is 5.94. The number of rotatable bonds is 5. The van der Waals surface area contributed by atoms with Gasteiger partial charge in [0.15, 0.2) is 0 Å². The number of nitrogens with zero attached hydrogens (tertiary/aromatic N) is 5. The molecule has 0 aliphatic carbocycles. The predicted molar refractivity (Wildman–Crippen MR) is 118 cm³/mol. The zero-order chi connectivity index (χ0) is 20.7. The Kier molecular flexibility index (Phi) is 4.47. The van der Waals surface area contributed by atoms with Gasteiger partial charge in [-0.2, -0.15) is 5.10 Å². The number of hydrogen-bond acceptors (Lipinski definition) is 4. The lowest BCUT2D eigenvalue weighted by Crippen LogP contribution is -2.07. The van der Waals surface area contributed by atoms with Crippen LogP contribution in [0.1, 0.15) is 17.3 Å². The van der Waals surface area contributed by atoms with E-state index in [0.29, 0.717) is 0 Å². The van der Waals surface area contributed by atoms with Crippen LogP contribution in [0.5, 0.6) is 5.75 Å². The molecule has 6 nitrogen and oxygen atoms in total. The van der Waals surface area contributed by atoms with Crippen molar-refractivity contribution in [1.82, 2.24) is 24.1 Å². The summed E-state index contributed by atoms with van der Waals surface area (Å²) in [5.74, 6) is 2.75. The first-order valence-corrected chi connectivity index (χ1v) is 10.0. The number of benzene rings is 2. The van der Waals surface area contributed by atoms with E-state index < -0.39 is 0 Å². The van der Waals surface area contributed by atoms with E-state index in [-0.39, 0.29) is 0 Å². The Labute approximate surface area is 174 Å². The molecule has 0 aliphatic heterocycles. The van der Waals surface area contributed by atoms with Crippen LogP contribution in [0.2, 0.25) is 0 Å². The maximum atomic E-state index is 5.39. The SMILES string of the molecule is COc1ccc2c(c1)nc(CCc1nc(-c3ccccc3)cn1C)n1nc(C)cc21. The van der Waals surface area contributed by atoms with Crippen LogP contribution in [-0.4, -0.2) is 31.3 Å². The van der Waals surface area contributed by atoms with Crippen molar-refractivity contribution in [3.8, 4) is 17.0 Å². The maximum absolute atomic E-state index is 5.39. The second kappa shape index (κ2) is 7.30. The largest absolute Gasteiger partial charge is 0.497 e.